The van der Waals surface area contributed by atoms with Gasteiger partial charge in [0.2, 0.25) is 0 Å². The largest absolute Gasteiger partial charge is 0.460 e. The molecule has 0 spiro atoms. The van der Waals surface area contributed by atoms with Crippen molar-refractivity contribution in [1.29, 1.82) is 0 Å². The Bertz CT molecular complexity index is 616. The Morgan fingerprint density at radius 1 is 0.879 bits per heavy atom. The molecule has 0 bridgehead atoms. The predicted octanol–water partition coefficient (Wildman–Crippen LogP) is 7.05. The third kappa shape index (κ3) is 27.9. The highest BCUT2D eigenvalue weighted by Crippen LogP contribution is 2.07. The zero-order valence-corrected chi connectivity index (χ0v) is 22.7. The number of carbonyl (C=O) groups excluding carboxylic acids is 2. The molecule has 0 aliphatic heterocycles. The Morgan fingerprint density at radius 3 is 1.82 bits per heavy atom. The summed E-state index contributed by atoms with van der Waals surface area (Å²) < 4.78 is 15.4. The number of rotatable bonds is 8. The maximum Gasteiger partial charge on any atom is 0.407 e. The maximum absolute atomic E-state index is 11.1. The van der Waals surface area contributed by atoms with Gasteiger partial charge in [-0.1, -0.05) is 57.0 Å². The molecule has 0 heterocycles. The van der Waals surface area contributed by atoms with Gasteiger partial charge in [0.25, 0.3) is 0 Å². The minimum absolute atomic E-state index is 0.137. The first-order valence-corrected chi connectivity index (χ1v) is 12.0. The molecule has 0 radical (unpaired) electrons. The van der Waals surface area contributed by atoms with Gasteiger partial charge in [0.05, 0.1) is 12.7 Å². The number of hydrogen-bond donors (Lipinski definition) is 1. The van der Waals surface area contributed by atoms with Gasteiger partial charge in [-0.25, -0.2) is 4.79 Å². The number of benzene rings is 1. The molecule has 192 valence electrons. The minimum Gasteiger partial charge on any atom is -0.460 e. The average molecular weight is 468 g/mol. The number of ether oxygens (including phenoxy) is 3. The molecule has 0 aromatic heterocycles. The first kappa shape index (κ1) is 33.1. The Labute approximate surface area is 202 Å². The van der Waals surface area contributed by atoms with Gasteiger partial charge >= 0.3 is 12.1 Å². The van der Waals surface area contributed by atoms with Crippen LogP contribution < -0.4 is 5.32 Å². The highest BCUT2D eigenvalue weighted by atomic mass is 16.6. The second-order valence-electron chi connectivity index (χ2n) is 9.92. The summed E-state index contributed by atoms with van der Waals surface area (Å²) >= 11 is 0. The molecule has 1 N–H and O–H groups in total. The Hall–Kier alpha value is -2.08. The number of esters is 1. The summed E-state index contributed by atoms with van der Waals surface area (Å²) in [4.78, 5) is 21.7. The molecular weight excluding hydrogens is 418 g/mol. The van der Waals surface area contributed by atoms with Crippen molar-refractivity contribution in [2.75, 3.05) is 6.54 Å². The van der Waals surface area contributed by atoms with Gasteiger partial charge < -0.3 is 19.5 Å². The summed E-state index contributed by atoms with van der Waals surface area (Å²) in [6.45, 7) is 20.6. The normalized spacial score (nSPS) is 10.9. The summed E-state index contributed by atoms with van der Waals surface area (Å²) in [5, 5.41) is 2.71. The third-order valence-electron chi connectivity index (χ3n) is 3.58. The summed E-state index contributed by atoms with van der Waals surface area (Å²) in [6, 6.07) is 10.2. The van der Waals surface area contributed by atoms with Crippen LogP contribution in [0.15, 0.2) is 30.3 Å². The zero-order valence-electron chi connectivity index (χ0n) is 22.7. The van der Waals surface area contributed by atoms with Crippen LogP contribution in [0, 0.1) is 0 Å². The highest BCUT2D eigenvalue weighted by Gasteiger charge is 2.15. The van der Waals surface area contributed by atoms with E-state index >= 15 is 0 Å². The zero-order chi connectivity index (χ0) is 25.9. The van der Waals surface area contributed by atoms with E-state index < -0.39 is 5.60 Å². The van der Waals surface area contributed by atoms with Crippen molar-refractivity contribution in [2.45, 2.75) is 119 Å². The molecule has 0 saturated heterocycles. The fourth-order valence-electron chi connectivity index (χ4n) is 2.13. The van der Waals surface area contributed by atoms with Crippen molar-refractivity contribution in [2.24, 2.45) is 0 Å². The van der Waals surface area contributed by atoms with Crippen molar-refractivity contribution in [3.8, 4) is 0 Å². The van der Waals surface area contributed by atoms with E-state index in [1.807, 2.05) is 73.6 Å². The predicted molar refractivity (Wildman–Crippen MR) is 136 cm³/mol. The number of amides is 1. The molecule has 0 saturated carbocycles. The fourth-order valence-corrected chi connectivity index (χ4v) is 2.13. The SMILES string of the molecule is CC(C)OCc1ccccc1.CCC(=O)OC(C)(C)C.CCCCCNC(=O)OC(C)(C)C. The Kier molecular flexibility index (Phi) is 18.4. The van der Waals surface area contributed by atoms with Gasteiger partial charge in [0, 0.05) is 13.0 Å². The van der Waals surface area contributed by atoms with Crippen molar-refractivity contribution < 1.29 is 23.8 Å². The van der Waals surface area contributed by atoms with E-state index in [9.17, 15) is 9.59 Å². The summed E-state index contributed by atoms with van der Waals surface area (Å²) in [5.74, 6) is -0.137. The van der Waals surface area contributed by atoms with Crippen LogP contribution in [-0.4, -0.2) is 35.9 Å². The minimum atomic E-state index is -0.394. The summed E-state index contributed by atoms with van der Waals surface area (Å²) in [6.07, 6.45) is 3.79. The number of alkyl carbamates (subject to hydrolysis) is 1. The molecule has 0 aliphatic carbocycles. The lowest BCUT2D eigenvalue weighted by atomic mass is 10.2. The van der Waals surface area contributed by atoms with E-state index in [4.69, 9.17) is 14.2 Å². The molecule has 0 atom stereocenters. The van der Waals surface area contributed by atoms with Gasteiger partial charge in [-0.2, -0.15) is 0 Å². The molecule has 33 heavy (non-hydrogen) atoms. The van der Waals surface area contributed by atoms with Crippen molar-refractivity contribution in [3.05, 3.63) is 35.9 Å². The molecule has 1 aromatic carbocycles. The second kappa shape index (κ2) is 18.4. The second-order valence-corrected chi connectivity index (χ2v) is 9.92. The number of hydrogen-bond acceptors (Lipinski definition) is 5. The van der Waals surface area contributed by atoms with E-state index in [0.717, 1.165) is 25.9 Å². The first-order valence-electron chi connectivity index (χ1n) is 12.0. The monoisotopic (exact) mass is 467 g/mol. The van der Waals surface area contributed by atoms with Crippen LogP contribution in [0.5, 0.6) is 0 Å². The van der Waals surface area contributed by atoms with Crippen LogP contribution in [0.1, 0.15) is 100 Å². The number of unbranched alkanes of at least 4 members (excludes halogenated alkanes) is 2. The van der Waals surface area contributed by atoms with E-state index in [-0.39, 0.29) is 17.7 Å². The quantitative estimate of drug-likeness (QED) is 0.327. The van der Waals surface area contributed by atoms with Gasteiger partial charge in [-0.05, 0) is 67.4 Å². The summed E-state index contributed by atoms with van der Waals surface area (Å²) in [5.41, 5.74) is 0.517. The van der Waals surface area contributed by atoms with Gasteiger partial charge in [0.15, 0.2) is 0 Å². The smallest absolute Gasteiger partial charge is 0.407 e. The van der Waals surface area contributed by atoms with Crippen LogP contribution in [0.3, 0.4) is 0 Å². The van der Waals surface area contributed by atoms with E-state index in [0.29, 0.717) is 19.1 Å². The molecule has 1 rings (SSSR count). The van der Waals surface area contributed by atoms with Crippen LogP contribution in [0.2, 0.25) is 0 Å². The van der Waals surface area contributed by atoms with Crippen LogP contribution in [0.4, 0.5) is 4.79 Å². The molecule has 0 unspecified atom stereocenters. The molecule has 1 amide bonds. The lowest BCUT2D eigenvalue weighted by Crippen LogP contribution is -2.32. The molecule has 6 nitrogen and oxygen atoms in total. The lowest BCUT2D eigenvalue weighted by Gasteiger charge is -2.19. The molecule has 0 aliphatic rings. The number of nitrogens with one attached hydrogen (secondary N) is 1. The van der Waals surface area contributed by atoms with Crippen LogP contribution >= 0.6 is 0 Å². The van der Waals surface area contributed by atoms with Gasteiger partial charge in [0.1, 0.15) is 11.2 Å². The lowest BCUT2D eigenvalue weighted by molar-refractivity contribution is -0.154. The molecule has 6 heteroatoms. The molecule has 1 aromatic rings. The Balaban J connectivity index is 0. The standard InChI is InChI=1S/C10H21NO2.C10H14O.C7H14O2/c1-5-6-7-8-11-9(12)13-10(2,3)4;1-9(2)11-8-10-6-4-3-5-7-10;1-5-6(8)9-7(2,3)4/h5-8H2,1-4H3,(H,11,12);3-7,9H,8H2,1-2H3;5H2,1-4H3. The first-order chi connectivity index (χ1) is 15.2. The van der Waals surface area contributed by atoms with Gasteiger partial charge in [-0.3, -0.25) is 4.79 Å². The van der Waals surface area contributed by atoms with Gasteiger partial charge in [-0.15, -0.1) is 0 Å². The van der Waals surface area contributed by atoms with Crippen LogP contribution in [0.25, 0.3) is 0 Å². The van der Waals surface area contributed by atoms with E-state index in [1.165, 1.54) is 5.56 Å². The fraction of sp³-hybridized carbons (Fsp3) is 0.704. The average Bonchev–Trinajstić information content (AvgIpc) is 2.69. The molecule has 0 fully saturated rings. The van der Waals surface area contributed by atoms with Crippen LogP contribution in [-0.2, 0) is 25.6 Å². The van der Waals surface area contributed by atoms with E-state index in [1.54, 1.807) is 6.92 Å². The van der Waals surface area contributed by atoms with Crippen molar-refractivity contribution >= 4 is 12.1 Å². The maximum atomic E-state index is 11.1. The van der Waals surface area contributed by atoms with Crippen molar-refractivity contribution in [3.63, 3.8) is 0 Å². The molecular formula is C27H49NO5. The third-order valence-corrected chi connectivity index (χ3v) is 3.58. The van der Waals surface area contributed by atoms with E-state index in [2.05, 4.69) is 24.4 Å². The number of carbonyl (C=O) groups is 2. The summed E-state index contributed by atoms with van der Waals surface area (Å²) in [7, 11) is 0. The van der Waals surface area contributed by atoms with Crippen molar-refractivity contribution in [1.82, 2.24) is 5.32 Å². The Morgan fingerprint density at radius 2 is 1.42 bits per heavy atom. The highest BCUT2D eigenvalue weighted by molar-refractivity contribution is 5.69. The topological polar surface area (TPSA) is 73.9 Å².